The zero-order valence-electron chi connectivity index (χ0n) is 17.6. The molecule has 0 aliphatic heterocycles. The van der Waals surface area contributed by atoms with Crippen LogP contribution in [-0.4, -0.2) is 23.3 Å². The average molecular weight is 418 g/mol. The zero-order valence-corrected chi connectivity index (χ0v) is 17.6. The number of nitrogens with two attached hydrogens (primary N) is 1. The summed E-state index contributed by atoms with van der Waals surface area (Å²) < 4.78 is 5.89. The molecule has 0 radical (unpaired) electrons. The second-order valence-corrected chi connectivity index (χ2v) is 7.22. The number of ether oxygens (including phenoxy) is 1. The standard InChI is InChI=1S/C24H26N4O3/c1-16-10-19(15-25)12-20(11-16)24(30)27-8-6-18-4-3-5-21(13-18)31-22-7-9-26-23(14-22)28-17(2)29/h3-5,7,9-14H,6,8,15,25H2,1-2H3,(H,27,30)(H,26,28,29). The zero-order chi connectivity index (χ0) is 22.2. The Morgan fingerprint density at radius 2 is 1.84 bits per heavy atom. The molecule has 0 spiro atoms. The molecule has 7 heteroatoms. The third-order valence-corrected chi connectivity index (χ3v) is 4.50. The number of nitrogens with one attached hydrogen (secondary N) is 2. The van der Waals surface area contributed by atoms with Gasteiger partial charge in [0.05, 0.1) is 0 Å². The molecule has 4 N–H and O–H groups in total. The Bertz CT molecular complexity index is 1080. The second-order valence-electron chi connectivity index (χ2n) is 7.22. The van der Waals surface area contributed by atoms with Crippen molar-refractivity contribution in [3.05, 3.63) is 83.0 Å². The van der Waals surface area contributed by atoms with E-state index in [4.69, 9.17) is 10.5 Å². The van der Waals surface area contributed by atoms with E-state index in [1.54, 1.807) is 18.3 Å². The van der Waals surface area contributed by atoms with E-state index in [0.29, 0.717) is 42.4 Å². The van der Waals surface area contributed by atoms with Crippen molar-refractivity contribution in [3.63, 3.8) is 0 Å². The number of hydrogen-bond acceptors (Lipinski definition) is 5. The SMILES string of the molecule is CC(=O)Nc1cc(Oc2cccc(CCNC(=O)c3cc(C)cc(CN)c3)c2)ccn1. The fraction of sp³-hybridized carbons (Fsp3) is 0.208. The number of carbonyl (C=O) groups is 2. The Balaban J connectivity index is 1.58. The quantitative estimate of drug-likeness (QED) is 0.518. The van der Waals surface area contributed by atoms with E-state index in [0.717, 1.165) is 16.7 Å². The lowest BCUT2D eigenvalue weighted by atomic mass is 10.1. The van der Waals surface area contributed by atoms with Crippen molar-refractivity contribution in [3.8, 4) is 11.5 Å². The predicted octanol–water partition coefficient (Wildman–Crippen LogP) is 3.57. The number of carbonyl (C=O) groups excluding carboxylic acids is 2. The molecule has 7 nitrogen and oxygen atoms in total. The Kier molecular flexibility index (Phi) is 7.35. The van der Waals surface area contributed by atoms with Crippen LogP contribution in [0.2, 0.25) is 0 Å². The number of benzene rings is 2. The third kappa shape index (κ3) is 6.65. The maximum atomic E-state index is 12.5. The van der Waals surface area contributed by atoms with Gasteiger partial charge in [0, 0.05) is 37.8 Å². The Labute approximate surface area is 181 Å². The van der Waals surface area contributed by atoms with E-state index in [-0.39, 0.29) is 11.8 Å². The minimum atomic E-state index is -0.196. The monoisotopic (exact) mass is 418 g/mol. The lowest BCUT2D eigenvalue weighted by molar-refractivity contribution is -0.114. The summed E-state index contributed by atoms with van der Waals surface area (Å²) in [6.07, 6.45) is 2.23. The molecular weight excluding hydrogens is 392 g/mol. The summed E-state index contributed by atoms with van der Waals surface area (Å²) in [6.45, 7) is 4.27. The fourth-order valence-corrected chi connectivity index (χ4v) is 3.16. The number of anilines is 1. The van der Waals surface area contributed by atoms with Gasteiger partial charge < -0.3 is 21.1 Å². The summed E-state index contributed by atoms with van der Waals surface area (Å²) in [6, 6.07) is 16.7. The van der Waals surface area contributed by atoms with Gasteiger partial charge >= 0.3 is 0 Å². The first-order chi connectivity index (χ1) is 14.9. The van der Waals surface area contributed by atoms with E-state index in [9.17, 15) is 9.59 Å². The van der Waals surface area contributed by atoms with Gasteiger partial charge in [0.25, 0.3) is 5.91 Å². The molecule has 0 saturated heterocycles. The normalized spacial score (nSPS) is 10.4. The Morgan fingerprint density at radius 1 is 1.03 bits per heavy atom. The molecule has 0 aliphatic rings. The maximum absolute atomic E-state index is 12.5. The molecule has 2 aromatic carbocycles. The van der Waals surface area contributed by atoms with Gasteiger partial charge in [-0.05, 0) is 54.8 Å². The van der Waals surface area contributed by atoms with Gasteiger partial charge in [-0.3, -0.25) is 9.59 Å². The van der Waals surface area contributed by atoms with Crippen LogP contribution in [0, 0.1) is 6.92 Å². The van der Waals surface area contributed by atoms with E-state index in [2.05, 4.69) is 15.6 Å². The number of pyridine rings is 1. The van der Waals surface area contributed by atoms with Crippen molar-refractivity contribution in [2.75, 3.05) is 11.9 Å². The van der Waals surface area contributed by atoms with E-state index in [1.807, 2.05) is 49.4 Å². The highest BCUT2D eigenvalue weighted by molar-refractivity contribution is 5.94. The summed E-state index contributed by atoms with van der Waals surface area (Å²) in [4.78, 5) is 27.7. The molecular formula is C24H26N4O3. The van der Waals surface area contributed by atoms with Gasteiger partial charge in [-0.2, -0.15) is 0 Å². The molecule has 160 valence electrons. The molecule has 0 bridgehead atoms. The summed E-state index contributed by atoms with van der Waals surface area (Å²) >= 11 is 0. The van der Waals surface area contributed by atoms with Crippen molar-refractivity contribution in [1.29, 1.82) is 0 Å². The smallest absolute Gasteiger partial charge is 0.251 e. The molecule has 1 aromatic heterocycles. The van der Waals surface area contributed by atoms with Crippen molar-refractivity contribution in [1.82, 2.24) is 10.3 Å². The lowest BCUT2D eigenvalue weighted by Gasteiger charge is -2.10. The van der Waals surface area contributed by atoms with Gasteiger partial charge in [-0.15, -0.1) is 0 Å². The summed E-state index contributed by atoms with van der Waals surface area (Å²) in [5, 5.41) is 5.58. The van der Waals surface area contributed by atoms with E-state index in [1.165, 1.54) is 6.92 Å². The van der Waals surface area contributed by atoms with Gasteiger partial charge in [0.2, 0.25) is 5.91 Å². The minimum Gasteiger partial charge on any atom is -0.457 e. The first-order valence-electron chi connectivity index (χ1n) is 10.0. The molecule has 3 aromatic rings. The van der Waals surface area contributed by atoms with Crippen LogP contribution in [0.3, 0.4) is 0 Å². The first kappa shape index (κ1) is 22.0. The molecule has 0 unspecified atom stereocenters. The largest absolute Gasteiger partial charge is 0.457 e. The number of rotatable bonds is 8. The van der Waals surface area contributed by atoms with Crippen molar-refractivity contribution in [2.24, 2.45) is 5.73 Å². The summed E-state index contributed by atoms with van der Waals surface area (Å²) in [7, 11) is 0. The van der Waals surface area contributed by atoms with Crippen LogP contribution in [0.1, 0.15) is 34.0 Å². The van der Waals surface area contributed by atoms with Crippen LogP contribution >= 0.6 is 0 Å². The Morgan fingerprint density at radius 3 is 2.61 bits per heavy atom. The molecule has 31 heavy (non-hydrogen) atoms. The van der Waals surface area contributed by atoms with E-state index < -0.39 is 0 Å². The van der Waals surface area contributed by atoms with Crippen molar-refractivity contribution in [2.45, 2.75) is 26.8 Å². The summed E-state index contributed by atoms with van der Waals surface area (Å²) in [5.41, 5.74) is 9.29. The second kappa shape index (κ2) is 10.4. The highest BCUT2D eigenvalue weighted by Crippen LogP contribution is 2.24. The average Bonchev–Trinajstić information content (AvgIpc) is 2.73. The van der Waals surface area contributed by atoms with Crippen LogP contribution < -0.4 is 21.1 Å². The topological polar surface area (TPSA) is 106 Å². The van der Waals surface area contributed by atoms with Gasteiger partial charge in [0.15, 0.2) is 0 Å². The van der Waals surface area contributed by atoms with Crippen LogP contribution in [0.4, 0.5) is 5.82 Å². The van der Waals surface area contributed by atoms with Gasteiger partial charge in [-0.1, -0.05) is 23.8 Å². The minimum absolute atomic E-state index is 0.118. The first-order valence-corrected chi connectivity index (χ1v) is 10.0. The van der Waals surface area contributed by atoms with Crippen LogP contribution in [0.25, 0.3) is 0 Å². The summed E-state index contributed by atoms with van der Waals surface area (Å²) in [5.74, 6) is 1.35. The molecule has 2 amide bonds. The van der Waals surface area contributed by atoms with Crippen LogP contribution in [0.15, 0.2) is 60.8 Å². The number of aryl methyl sites for hydroxylation is 1. The molecule has 0 saturated carbocycles. The maximum Gasteiger partial charge on any atom is 0.251 e. The molecule has 3 rings (SSSR count). The highest BCUT2D eigenvalue weighted by Gasteiger charge is 2.08. The number of amides is 2. The van der Waals surface area contributed by atoms with Gasteiger partial charge in [0.1, 0.15) is 17.3 Å². The fourth-order valence-electron chi connectivity index (χ4n) is 3.16. The predicted molar refractivity (Wildman–Crippen MR) is 120 cm³/mol. The number of nitrogens with zero attached hydrogens (tertiary/aromatic N) is 1. The van der Waals surface area contributed by atoms with E-state index >= 15 is 0 Å². The molecule has 0 aliphatic carbocycles. The van der Waals surface area contributed by atoms with Crippen LogP contribution in [-0.2, 0) is 17.8 Å². The molecule has 1 heterocycles. The van der Waals surface area contributed by atoms with Crippen LogP contribution in [0.5, 0.6) is 11.5 Å². The molecule has 0 fully saturated rings. The Hall–Kier alpha value is -3.71. The lowest BCUT2D eigenvalue weighted by Crippen LogP contribution is -2.26. The van der Waals surface area contributed by atoms with Crippen molar-refractivity contribution >= 4 is 17.6 Å². The molecule has 0 atom stereocenters. The van der Waals surface area contributed by atoms with Gasteiger partial charge in [-0.25, -0.2) is 4.98 Å². The third-order valence-electron chi connectivity index (χ3n) is 4.50. The van der Waals surface area contributed by atoms with Crippen molar-refractivity contribution < 1.29 is 14.3 Å². The number of aromatic nitrogens is 1. The number of hydrogen-bond donors (Lipinski definition) is 3. The highest BCUT2D eigenvalue weighted by atomic mass is 16.5.